The minimum atomic E-state index is -3.04. The molecular formula is C12H24BrNO2S. The number of hydrogen-bond donors (Lipinski definition) is 0. The molecule has 0 spiro atoms. The molecule has 1 fully saturated rings. The van der Waals surface area contributed by atoms with Gasteiger partial charge in [-0.3, -0.25) is 0 Å². The maximum Gasteiger partial charge on any atom is 0.214 e. The Hall–Kier alpha value is 0.390. The minimum Gasteiger partial charge on any atom is -0.212 e. The van der Waals surface area contributed by atoms with Gasteiger partial charge in [-0.25, -0.2) is 8.42 Å². The minimum absolute atomic E-state index is 0.284. The molecule has 0 unspecified atom stereocenters. The van der Waals surface area contributed by atoms with Gasteiger partial charge >= 0.3 is 0 Å². The molecule has 1 aliphatic carbocycles. The first-order valence-electron chi connectivity index (χ1n) is 6.53. The van der Waals surface area contributed by atoms with Gasteiger partial charge in [0, 0.05) is 17.9 Å². The van der Waals surface area contributed by atoms with Crippen molar-refractivity contribution in [2.75, 3.05) is 17.6 Å². The summed E-state index contributed by atoms with van der Waals surface area (Å²) in [5, 5.41) is 0.871. The van der Waals surface area contributed by atoms with E-state index < -0.39 is 10.0 Å². The number of sulfonamides is 1. The van der Waals surface area contributed by atoms with E-state index in [0.717, 1.165) is 31.0 Å². The Bertz CT molecular complexity index is 312. The van der Waals surface area contributed by atoms with E-state index >= 15 is 0 Å². The number of alkyl halides is 1. The van der Waals surface area contributed by atoms with E-state index in [9.17, 15) is 8.42 Å². The average Bonchev–Trinajstić information content (AvgIpc) is 2.18. The summed E-state index contributed by atoms with van der Waals surface area (Å²) >= 11 is 3.37. The molecule has 0 atom stereocenters. The summed E-state index contributed by atoms with van der Waals surface area (Å²) in [4.78, 5) is 0. The van der Waals surface area contributed by atoms with Crippen LogP contribution in [0.3, 0.4) is 0 Å². The molecule has 17 heavy (non-hydrogen) atoms. The van der Waals surface area contributed by atoms with Gasteiger partial charge in [0.15, 0.2) is 0 Å². The topological polar surface area (TPSA) is 37.4 Å². The Morgan fingerprint density at radius 2 is 2.00 bits per heavy atom. The van der Waals surface area contributed by atoms with Crippen LogP contribution in [0.2, 0.25) is 0 Å². The first kappa shape index (κ1) is 15.4. The summed E-state index contributed by atoms with van der Waals surface area (Å²) in [6.07, 6.45) is 4.93. The summed E-state index contributed by atoms with van der Waals surface area (Å²) in [5.41, 5.74) is 0. The lowest BCUT2D eigenvalue weighted by molar-refractivity contribution is 0.219. The lowest BCUT2D eigenvalue weighted by atomic mass is 9.93. The van der Waals surface area contributed by atoms with Gasteiger partial charge in [0.25, 0.3) is 0 Å². The van der Waals surface area contributed by atoms with Gasteiger partial charge in [-0.1, -0.05) is 36.2 Å². The third-order valence-corrected chi connectivity index (χ3v) is 5.81. The highest BCUT2D eigenvalue weighted by Crippen LogP contribution is 2.28. The molecule has 3 nitrogen and oxygen atoms in total. The fourth-order valence-corrected chi connectivity index (χ4v) is 4.27. The second-order valence-electron chi connectivity index (χ2n) is 5.24. The second kappa shape index (κ2) is 7.10. The fraction of sp³-hybridized carbons (Fsp3) is 1.00. The van der Waals surface area contributed by atoms with Gasteiger partial charge in [-0.05, 0) is 31.6 Å². The van der Waals surface area contributed by atoms with Crippen molar-refractivity contribution in [3.8, 4) is 0 Å². The Morgan fingerprint density at radius 3 is 2.41 bits per heavy atom. The second-order valence-corrected chi connectivity index (χ2v) is 8.07. The number of halogens is 1. The molecule has 0 saturated heterocycles. The van der Waals surface area contributed by atoms with E-state index in [1.807, 2.05) is 0 Å². The molecule has 5 heteroatoms. The van der Waals surface area contributed by atoms with E-state index in [1.54, 1.807) is 4.31 Å². The molecule has 1 saturated carbocycles. The summed E-state index contributed by atoms with van der Waals surface area (Å²) in [6.45, 7) is 4.82. The molecule has 0 radical (unpaired) electrons. The molecule has 0 amide bonds. The van der Waals surface area contributed by atoms with E-state index in [4.69, 9.17) is 0 Å². The van der Waals surface area contributed by atoms with Crippen molar-refractivity contribution < 1.29 is 8.42 Å². The van der Waals surface area contributed by atoms with Crippen LogP contribution >= 0.6 is 15.9 Å². The zero-order chi connectivity index (χ0) is 12.9. The quantitative estimate of drug-likeness (QED) is 0.643. The first-order chi connectivity index (χ1) is 7.97. The summed E-state index contributed by atoms with van der Waals surface area (Å²) in [6, 6.07) is 0.284. The maximum atomic E-state index is 12.3. The van der Waals surface area contributed by atoms with Crippen LogP contribution in [0.25, 0.3) is 0 Å². The van der Waals surface area contributed by atoms with Gasteiger partial charge < -0.3 is 0 Å². The molecular weight excluding hydrogens is 302 g/mol. The molecule has 0 N–H and O–H groups in total. The van der Waals surface area contributed by atoms with Crippen LogP contribution in [0.4, 0.5) is 0 Å². The summed E-state index contributed by atoms with van der Waals surface area (Å²) in [5.74, 6) is 0.757. The van der Waals surface area contributed by atoms with Gasteiger partial charge in [0.05, 0.1) is 5.75 Å². The van der Waals surface area contributed by atoms with Gasteiger partial charge in [0.1, 0.15) is 0 Å². The molecule has 0 heterocycles. The predicted octanol–water partition coefficient (Wildman–Crippen LogP) is 3.00. The monoisotopic (exact) mass is 325 g/mol. The highest BCUT2D eigenvalue weighted by molar-refractivity contribution is 9.09. The summed E-state index contributed by atoms with van der Waals surface area (Å²) in [7, 11) is -3.04. The third kappa shape index (κ3) is 4.87. The van der Waals surface area contributed by atoms with Crippen molar-refractivity contribution in [1.82, 2.24) is 4.31 Å². The van der Waals surface area contributed by atoms with Crippen molar-refractivity contribution in [3.05, 3.63) is 0 Å². The highest BCUT2D eigenvalue weighted by Gasteiger charge is 2.32. The normalized spacial score (nSPS) is 17.7. The van der Waals surface area contributed by atoms with E-state index in [1.165, 1.54) is 6.42 Å². The smallest absolute Gasteiger partial charge is 0.212 e. The van der Waals surface area contributed by atoms with E-state index in [-0.39, 0.29) is 6.04 Å². The Balaban J connectivity index is 2.59. The molecule has 0 aromatic rings. The van der Waals surface area contributed by atoms with Gasteiger partial charge in [0.2, 0.25) is 10.0 Å². The molecule has 102 valence electrons. The molecule has 1 aliphatic rings. The third-order valence-electron chi connectivity index (χ3n) is 3.30. The van der Waals surface area contributed by atoms with E-state index in [0.29, 0.717) is 18.2 Å². The Kier molecular flexibility index (Phi) is 6.45. The number of nitrogens with zero attached hydrogens (tertiary/aromatic N) is 1. The van der Waals surface area contributed by atoms with Crippen LogP contribution < -0.4 is 0 Å². The standard InChI is InChI=1S/C12H24BrNO2S/c1-11(2)7-10-17(15,16)14(9-4-8-13)12-5-3-6-12/h11-12H,3-10H2,1-2H3. The van der Waals surface area contributed by atoms with E-state index in [2.05, 4.69) is 29.8 Å². The van der Waals surface area contributed by atoms with Crippen LogP contribution in [-0.4, -0.2) is 36.4 Å². The van der Waals surface area contributed by atoms with Gasteiger partial charge in [-0.2, -0.15) is 4.31 Å². The molecule has 1 rings (SSSR count). The number of rotatable bonds is 8. The van der Waals surface area contributed by atoms with Crippen LogP contribution in [0.15, 0.2) is 0 Å². The lowest BCUT2D eigenvalue weighted by Crippen LogP contribution is -2.45. The van der Waals surface area contributed by atoms with Gasteiger partial charge in [-0.15, -0.1) is 0 Å². The lowest BCUT2D eigenvalue weighted by Gasteiger charge is -2.36. The zero-order valence-electron chi connectivity index (χ0n) is 10.9. The van der Waals surface area contributed by atoms with Crippen molar-refractivity contribution >= 4 is 26.0 Å². The SMILES string of the molecule is CC(C)CCS(=O)(=O)N(CCCBr)C1CCC1. The largest absolute Gasteiger partial charge is 0.214 e. The molecule has 0 aromatic heterocycles. The number of hydrogen-bond acceptors (Lipinski definition) is 2. The first-order valence-corrected chi connectivity index (χ1v) is 9.26. The molecule has 0 aromatic carbocycles. The van der Waals surface area contributed by atoms with Crippen molar-refractivity contribution in [1.29, 1.82) is 0 Å². The van der Waals surface area contributed by atoms with Crippen LogP contribution in [0.1, 0.15) is 46.0 Å². The van der Waals surface area contributed by atoms with Crippen LogP contribution in [0.5, 0.6) is 0 Å². The fourth-order valence-electron chi connectivity index (χ4n) is 1.94. The Morgan fingerprint density at radius 1 is 1.35 bits per heavy atom. The van der Waals surface area contributed by atoms with Crippen LogP contribution in [-0.2, 0) is 10.0 Å². The Labute approximate surface area is 114 Å². The predicted molar refractivity (Wildman–Crippen MR) is 76.0 cm³/mol. The molecule has 0 aliphatic heterocycles. The molecule has 0 bridgehead atoms. The highest BCUT2D eigenvalue weighted by atomic mass is 79.9. The summed E-state index contributed by atoms with van der Waals surface area (Å²) < 4.78 is 26.3. The van der Waals surface area contributed by atoms with Crippen LogP contribution in [0, 0.1) is 5.92 Å². The van der Waals surface area contributed by atoms with Crippen molar-refractivity contribution in [2.24, 2.45) is 5.92 Å². The van der Waals surface area contributed by atoms with Crippen molar-refractivity contribution in [2.45, 2.75) is 52.0 Å². The maximum absolute atomic E-state index is 12.3. The average molecular weight is 326 g/mol. The van der Waals surface area contributed by atoms with Crippen molar-refractivity contribution in [3.63, 3.8) is 0 Å². The zero-order valence-corrected chi connectivity index (χ0v) is 13.3.